The lowest BCUT2D eigenvalue weighted by Crippen LogP contribution is -2.39. The molecule has 0 radical (unpaired) electrons. The molecule has 2 unspecified atom stereocenters. The number of hydrogen-bond acceptors (Lipinski definition) is 1. The van der Waals surface area contributed by atoms with E-state index in [1.807, 2.05) is 6.92 Å². The first-order valence-corrected chi connectivity index (χ1v) is 4.14. The third-order valence-electron chi connectivity index (χ3n) is 2.16. The Kier molecular flexibility index (Phi) is 2.35. The molecular formula is C8H13F2NO. The molecule has 1 rings (SSSR count). The lowest BCUT2D eigenvalue weighted by atomic mass is 10.3. The predicted octanol–water partition coefficient (Wildman–Crippen LogP) is 1.56. The van der Waals surface area contributed by atoms with Crippen molar-refractivity contribution in [1.82, 2.24) is 5.32 Å². The smallest absolute Gasteiger partial charge is 0.321 e. The van der Waals surface area contributed by atoms with Crippen molar-refractivity contribution in [2.24, 2.45) is 5.92 Å². The van der Waals surface area contributed by atoms with Gasteiger partial charge in [-0.15, -0.1) is 0 Å². The van der Waals surface area contributed by atoms with E-state index >= 15 is 0 Å². The fourth-order valence-corrected chi connectivity index (χ4v) is 1.17. The van der Waals surface area contributed by atoms with Crippen molar-refractivity contribution in [2.75, 3.05) is 0 Å². The summed E-state index contributed by atoms with van der Waals surface area (Å²) in [4.78, 5) is 10.7. The van der Waals surface area contributed by atoms with Gasteiger partial charge in [0.05, 0.1) is 0 Å². The average molecular weight is 177 g/mol. The molecule has 1 aliphatic rings. The fourth-order valence-electron chi connectivity index (χ4n) is 1.17. The number of hydrogen-bond donors (Lipinski definition) is 1. The van der Waals surface area contributed by atoms with Gasteiger partial charge in [-0.25, -0.2) is 0 Å². The highest BCUT2D eigenvalue weighted by Gasteiger charge is 2.41. The summed E-state index contributed by atoms with van der Waals surface area (Å²) in [5.41, 5.74) is 0. The molecule has 0 aromatic heterocycles. The molecule has 0 heterocycles. The van der Waals surface area contributed by atoms with Crippen LogP contribution < -0.4 is 5.32 Å². The van der Waals surface area contributed by atoms with E-state index in [0.717, 1.165) is 12.8 Å². The first-order chi connectivity index (χ1) is 5.45. The Hall–Kier alpha value is -0.670. The maximum absolute atomic E-state index is 12.3. The first-order valence-electron chi connectivity index (χ1n) is 4.14. The van der Waals surface area contributed by atoms with Gasteiger partial charge in [0.2, 0.25) is 0 Å². The molecule has 2 atom stereocenters. The highest BCUT2D eigenvalue weighted by atomic mass is 19.3. The van der Waals surface area contributed by atoms with Crippen molar-refractivity contribution in [3.63, 3.8) is 0 Å². The maximum Gasteiger partial charge on any atom is 0.321 e. The molecular weight excluding hydrogens is 164 g/mol. The zero-order valence-electron chi connectivity index (χ0n) is 7.23. The molecule has 1 fully saturated rings. The van der Waals surface area contributed by atoms with Crippen molar-refractivity contribution < 1.29 is 13.6 Å². The minimum atomic E-state index is -3.24. The van der Waals surface area contributed by atoms with Gasteiger partial charge >= 0.3 is 5.92 Å². The van der Waals surface area contributed by atoms with E-state index in [4.69, 9.17) is 0 Å². The molecule has 0 aromatic rings. The highest BCUT2D eigenvalue weighted by molar-refractivity contribution is 5.83. The molecule has 0 spiro atoms. The van der Waals surface area contributed by atoms with Gasteiger partial charge in [-0.05, 0) is 12.3 Å². The van der Waals surface area contributed by atoms with Gasteiger partial charge in [-0.1, -0.05) is 13.3 Å². The Labute approximate surface area is 70.3 Å². The minimum absolute atomic E-state index is 0.00618. The second kappa shape index (κ2) is 2.99. The van der Waals surface area contributed by atoms with Gasteiger partial charge in [0.15, 0.2) is 0 Å². The van der Waals surface area contributed by atoms with Crippen LogP contribution >= 0.6 is 0 Å². The fraction of sp³-hybridized carbons (Fsp3) is 0.875. The third kappa shape index (κ3) is 2.16. The summed E-state index contributed by atoms with van der Waals surface area (Å²) in [5, 5.41) is 2.31. The summed E-state index contributed by atoms with van der Waals surface area (Å²) in [7, 11) is 0. The zero-order chi connectivity index (χ0) is 9.35. The standard InChI is InChI=1S/C8H13F2NO/c1-3-5-4-6(5)11-7(12)8(2,9)10/h5-6H,3-4H2,1-2H3,(H,11,12). The normalized spacial score (nSPS) is 28.3. The van der Waals surface area contributed by atoms with Crippen LogP contribution in [0.5, 0.6) is 0 Å². The molecule has 0 aromatic carbocycles. The van der Waals surface area contributed by atoms with Crippen LogP contribution in [0.1, 0.15) is 26.7 Å². The molecule has 1 amide bonds. The molecule has 0 saturated heterocycles. The van der Waals surface area contributed by atoms with E-state index in [0.29, 0.717) is 12.8 Å². The molecule has 2 nitrogen and oxygen atoms in total. The highest BCUT2D eigenvalue weighted by Crippen LogP contribution is 2.33. The maximum atomic E-state index is 12.3. The summed E-state index contributed by atoms with van der Waals surface area (Å²) >= 11 is 0. The van der Waals surface area contributed by atoms with Crippen LogP contribution in [0.25, 0.3) is 0 Å². The summed E-state index contributed by atoms with van der Waals surface area (Å²) in [6.07, 6.45) is 1.79. The predicted molar refractivity (Wildman–Crippen MR) is 40.9 cm³/mol. The van der Waals surface area contributed by atoms with Crippen LogP contribution in [0.3, 0.4) is 0 Å². The third-order valence-corrected chi connectivity index (χ3v) is 2.16. The van der Waals surface area contributed by atoms with Crippen molar-refractivity contribution in [2.45, 2.75) is 38.7 Å². The quantitative estimate of drug-likeness (QED) is 0.696. The van der Waals surface area contributed by atoms with Crippen LogP contribution in [-0.4, -0.2) is 17.9 Å². The van der Waals surface area contributed by atoms with Crippen molar-refractivity contribution in [1.29, 1.82) is 0 Å². The number of nitrogens with one attached hydrogen (secondary N) is 1. The lowest BCUT2D eigenvalue weighted by molar-refractivity contribution is -0.143. The lowest BCUT2D eigenvalue weighted by Gasteiger charge is -2.09. The van der Waals surface area contributed by atoms with Gasteiger partial charge in [-0.3, -0.25) is 4.79 Å². The van der Waals surface area contributed by atoms with E-state index < -0.39 is 11.8 Å². The van der Waals surface area contributed by atoms with Crippen LogP contribution in [0.2, 0.25) is 0 Å². The number of carbonyl (C=O) groups excluding carboxylic acids is 1. The van der Waals surface area contributed by atoms with Crippen molar-refractivity contribution in [3.8, 4) is 0 Å². The summed E-state index contributed by atoms with van der Waals surface area (Å²) in [6.45, 7) is 2.60. The van der Waals surface area contributed by atoms with Gasteiger partial charge < -0.3 is 5.32 Å². The van der Waals surface area contributed by atoms with E-state index in [1.165, 1.54) is 0 Å². The first kappa shape index (κ1) is 9.42. The number of carbonyl (C=O) groups is 1. The Morgan fingerprint density at radius 3 is 2.58 bits per heavy atom. The zero-order valence-corrected chi connectivity index (χ0v) is 7.23. The minimum Gasteiger partial charge on any atom is -0.348 e. The number of alkyl halides is 2. The molecule has 12 heavy (non-hydrogen) atoms. The molecule has 1 N–H and O–H groups in total. The molecule has 0 aliphatic heterocycles. The van der Waals surface area contributed by atoms with E-state index in [1.54, 1.807) is 0 Å². The number of rotatable bonds is 3. The summed E-state index contributed by atoms with van der Waals surface area (Å²) in [6, 6.07) is -0.00618. The van der Waals surface area contributed by atoms with Crippen LogP contribution in [0.4, 0.5) is 8.78 Å². The second-order valence-electron chi connectivity index (χ2n) is 3.37. The van der Waals surface area contributed by atoms with Gasteiger partial charge in [-0.2, -0.15) is 8.78 Å². The average Bonchev–Trinajstić information content (AvgIpc) is 2.65. The van der Waals surface area contributed by atoms with Crippen LogP contribution in [-0.2, 0) is 4.79 Å². The Bertz CT molecular complexity index is 188. The number of amides is 1. The van der Waals surface area contributed by atoms with E-state index in [2.05, 4.69) is 5.32 Å². The van der Waals surface area contributed by atoms with E-state index in [9.17, 15) is 13.6 Å². The van der Waals surface area contributed by atoms with Crippen molar-refractivity contribution >= 4 is 5.91 Å². The monoisotopic (exact) mass is 177 g/mol. The summed E-state index contributed by atoms with van der Waals surface area (Å²) in [5.74, 6) is -3.97. The molecule has 1 saturated carbocycles. The largest absolute Gasteiger partial charge is 0.348 e. The Morgan fingerprint density at radius 2 is 2.25 bits per heavy atom. The SMILES string of the molecule is CCC1CC1NC(=O)C(C)(F)F. The molecule has 0 bridgehead atoms. The number of halogens is 2. The van der Waals surface area contributed by atoms with Crippen LogP contribution in [0.15, 0.2) is 0 Å². The van der Waals surface area contributed by atoms with Gasteiger partial charge in [0.25, 0.3) is 5.91 Å². The molecule has 4 heteroatoms. The Balaban J connectivity index is 2.30. The molecule has 70 valence electrons. The molecule has 1 aliphatic carbocycles. The van der Waals surface area contributed by atoms with E-state index in [-0.39, 0.29) is 6.04 Å². The van der Waals surface area contributed by atoms with Gasteiger partial charge in [0.1, 0.15) is 0 Å². The van der Waals surface area contributed by atoms with Crippen LogP contribution in [0, 0.1) is 5.92 Å². The Morgan fingerprint density at radius 1 is 1.67 bits per heavy atom. The van der Waals surface area contributed by atoms with Gasteiger partial charge in [0, 0.05) is 13.0 Å². The van der Waals surface area contributed by atoms with Crippen molar-refractivity contribution in [3.05, 3.63) is 0 Å². The topological polar surface area (TPSA) is 29.1 Å². The summed E-state index contributed by atoms with van der Waals surface area (Å²) < 4.78 is 24.6. The second-order valence-corrected chi connectivity index (χ2v) is 3.37.